The molecule has 0 spiro atoms. The van der Waals surface area contributed by atoms with Crippen LogP contribution in [0, 0.1) is 5.92 Å². The van der Waals surface area contributed by atoms with Crippen molar-refractivity contribution in [1.82, 2.24) is 9.88 Å². The van der Waals surface area contributed by atoms with Crippen molar-refractivity contribution in [3.05, 3.63) is 89.6 Å². The number of hydrogen-bond acceptors (Lipinski definition) is 4. The van der Waals surface area contributed by atoms with Gasteiger partial charge in [-0.05, 0) is 48.2 Å². The smallest absolute Gasteiger partial charge is 0.259 e. The average Bonchev–Trinajstić information content (AvgIpc) is 2.88. The first kappa shape index (κ1) is 22.5. The highest BCUT2D eigenvalue weighted by molar-refractivity contribution is 5.98. The fourth-order valence-electron chi connectivity index (χ4n) is 4.37. The molecule has 1 aliphatic rings. The van der Waals surface area contributed by atoms with Crippen LogP contribution in [0.4, 0.5) is 5.69 Å². The second-order valence-corrected chi connectivity index (χ2v) is 8.35. The van der Waals surface area contributed by atoms with Crippen molar-refractivity contribution in [1.29, 1.82) is 0 Å². The molecule has 2 atom stereocenters. The predicted molar refractivity (Wildman–Crippen MR) is 128 cm³/mol. The molecule has 6 heteroatoms. The molecule has 1 N–H and O–H groups in total. The van der Waals surface area contributed by atoms with Crippen molar-refractivity contribution in [3.8, 4) is 5.88 Å². The van der Waals surface area contributed by atoms with Crippen molar-refractivity contribution in [3.63, 3.8) is 0 Å². The van der Waals surface area contributed by atoms with E-state index < -0.39 is 0 Å². The number of rotatable bonds is 6. The zero-order chi connectivity index (χ0) is 23.2. The molecule has 33 heavy (non-hydrogen) atoms. The molecule has 0 aliphatic carbocycles. The summed E-state index contributed by atoms with van der Waals surface area (Å²) < 4.78 is 5.31. The number of aryl methyl sites for hydroxylation is 1. The first-order valence-corrected chi connectivity index (χ1v) is 11.3. The second kappa shape index (κ2) is 10.3. The molecule has 170 valence electrons. The van der Waals surface area contributed by atoms with Crippen molar-refractivity contribution in [2.75, 3.05) is 25.5 Å². The van der Waals surface area contributed by atoms with Gasteiger partial charge >= 0.3 is 0 Å². The van der Waals surface area contributed by atoms with Gasteiger partial charge in [0.15, 0.2) is 0 Å². The third kappa shape index (κ3) is 5.22. The minimum Gasteiger partial charge on any atom is -0.480 e. The number of nitrogens with one attached hydrogen (secondary N) is 1. The lowest BCUT2D eigenvalue weighted by molar-refractivity contribution is -0.121. The summed E-state index contributed by atoms with van der Waals surface area (Å²) >= 11 is 0. The number of carbonyl (C=O) groups is 2. The molecule has 0 radical (unpaired) electrons. The summed E-state index contributed by atoms with van der Waals surface area (Å²) in [6, 6.07) is 21.3. The molecule has 0 saturated carbocycles. The van der Waals surface area contributed by atoms with E-state index in [1.165, 1.54) is 12.7 Å². The number of likely N-dealkylation sites (tertiary alicyclic amines) is 1. The van der Waals surface area contributed by atoms with Crippen LogP contribution in [0.15, 0.2) is 72.9 Å². The SMILES string of the molecule is CCc1ccc(C2CC(C(=O)Nc3ccccc3)CN(C(=O)c3cccnc3OC)C2)cc1. The van der Waals surface area contributed by atoms with E-state index in [0.29, 0.717) is 31.0 Å². The minimum absolute atomic E-state index is 0.0581. The number of nitrogens with zero attached hydrogens (tertiary/aromatic N) is 2. The molecule has 2 aromatic carbocycles. The third-order valence-corrected chi connectivity index (χ3v) is 6.20. The van der Waals surface area contributed by atoms with Crippen LogP contribution in [-0.4, -0.2) is 41.9 Å². The van der Waals surface area contributed by atoms with Crippen LogP contribution >= 0.6 is 0 Å². The first-order chi connectivity index (χ1) is 16.1. The van der Waals surface area contributed by atoms with Crippen molar-refractivity contribution in [2.45, 2.75) is 25.7 Å². The Hall–Kier alpha value is -3.67. The van der Waals surface area contributed by atoms with Gasteiger partial charge in [0.05, 0.1) is 13.0 Å². The molecular weight excluding hydrogens is 414 g/mol. The lowest BCUT2D eigenvalue weighted by Crippen LogP contribution is -2.46. The summed E-state index contributed by atoms with van der Waals surface area (Å²) in [5.74, 6) is -0.231. The van der Waals surface area contributed by atoms with Crippen LogP contribution in [-0.2, 0) is 11.2 Å². The van der Waals surface area contributed by atoms with Crippen molar-refractivity contribution < 1.29 is 14.3 Å². The third-order valence-electron chi connectivity index (χ3n) is 6.20. The van der Waals surface area contributed by atoms with Gasteiger partial charge in [-0.15, -0.1) is 0 Å². The Morgan fingerprint density at radius 1 is 1.03 bits per heavy atom. The molecule has 1 saturated heterocycles. The molecule has 4 rings (SSSR count). The van der Waals surface area contributed by atoms with Gasteiger partial charge in [-0.1, -0.05) is 49.4 Å². The highest BCUT2D eigenvalue weighted by Crippen LogP contribution is 2.33. The van der Waals surface area contributed by atoms with E-state index in [1.807, 2.05) is 30.3 Å². The topological polar surface area (TPSA) is 71.5 Å². The standard InChI is InChI=1S/C27H29N3O3/c1-3-19-11-13-20(14-12-19)21-16-22(25(31)29-23-8-5-4-6-9-23)18-30(17-21)27(32)24-10-7-15-28-26(24)33-2/h4-15,21-22H,3,16-18H2,1-2H3,(H,29,31). The van der Waals surface area contributed by atoms with Crippen LogP contribution in [0.2, 0.25) is 0 Å². The number of para-hydroxylation sites is 1. The van der Waals surface area contributed by atoms with E-state index in [1.54, 1.807) is 23.2 Å². The molecule has 1 aliphatic heterocycles. The molecule has 6 nitrogen and oxygen atoms in total. The van der Waals surface area contributed by atoms with E-state index in [2.05, 4.69) is 41.5 Å². The normalized spacial score (nSPS) is 17.9. The Bertz CT molecular complexity index is 1100. The minimum atomic E-state index is -0.332. The molecule has 2 unspecified atom stereocenters. The average molecular weight is 444 g/mol. The lowest BCUT2D eigenvalue weighted by Gasteiger charge is -2.37. The van der Waals surface area contributed by atoms with Crippen molar-refractivity contribution in [2.24, 2.45) is 5.92 Å². The number of methoxy groups -OCH3 is 1. The number of amides is 2. The van der Waals surface area contributed by atoms with Crippen LogP contribution in [0.25, 0.3) is 0 Å². The second-order valence-electron chi connectivity index (χ2n) is 8.35. The predicted octanol–water partition coefficient (Wildman–Crippen LogP) is 4.54. The highest BCUT2D eigenvalue weighted by atomic mass is 16.5. The summed E-state index contributed by atoms with van der Waals surface area (Å²) in [5.41, 5.74) is 3.56. The maximum atomic E-state index is 13.5. The molecular formula is C27H29N3O3. The van der Waals surface area contributed by atoms with Crippen molar-refractivity contribution >= 4 is 17.5 Å². The van der Waals surface area contributed by atoms with Gasteiger partial charge in [0, 0.05) is 30.9 Å². The number of piperidine rings is 1. The fourth-order valence-corrected chi connectivity index (χ4v) is 4.37. The summed E-state index contributed by atoms with van der Waals surface area (Å²) in [7, 11) is 1.50. The Labute approximate surface area is 194 Å². The molecule has 2 amide bonds. The van der Waals surface area contributed by atoms with E-state index in [0.717, 1.165) is 17.7 Å². The molecule has 3 aromatic rings. The van der Waals surface area contributed by atoms with Gasteiger partial charge in [0.25, 0.3) is 5.91 Å². The van der Waals surface area contributed by atoms with Gasteiger partial charge in [-0.25, -0.2) is 4.98 Å². The van der Waals surface area contributed by atoms with E-state index >= 15 is 0 Å². The van der Waals surface area contributed by atoms with Crippen LogP contribution in [0.1, 0.15) is 40.7 Å². The Kier molecular flexibility index (Phi) is 7.03. The van der Waals surface area contributed by atoms with Gasteiger partial charge in [-0.2, -0.15) is 0 Å². The summed E-state index contributed by atoms with van der Waals surface area (Å²) in [6.07, 6.45) is 3.25. The van der Waals surface area contributed by atoms with E-state index in [-0.39, 0.29) is 23.7 Å². The van der Waals surface area contributed by atoms with Crippen LogP contribution < -0.4 is 10.1 Å². The number of pyridine rings is 1. The quantitative estimate of drug-likeness (QED) is 0.607. The molecule has 0 bridgehead atoms. The maximum Gasteiger partial charge on any atom is 0.259 e. The van der Waals surface area contributed by atoms with Gasteiger partial charge in [0.1, 0.15) is 5.56 Å². The lowest BCUT2D eigenvalue weighted by atomic mass is 9.83. The molecule has 1 fully saturated rings. The zero-order valence-electron chi connectivity index (χ0n) is 19.0. The Morgan fingerprint density at radius 2 is 1.79 bits per heavy atom. The number of ether oxygens (including phenoxy) is 1. The van der Waals surface area contributed by atoms with E-state index in [9.17, 15) is 9.59 Å². The fraction of sp³-hybridized carbons (Fsp3) is 0.296. The summed E-state index contributed by atoms with van der Waals surface area (Å²) in [5, 5.41) is 3.01. The van der Waals surface area contributed by atoms with E-state index in [4.69, 9.17) is 4.74 Å². The molecule has 1 aromatic heterocycles. The number of aromatic nitrogens is 1. The zero-order valence-corrected chi connectivity index (χ0v) is 19.0. The Balaban J connectivity index is 1.61. The van der Waals surface area contributed by atoms with Crippen LogP contribution in [0.5, 0.6) is 5.88 Å². The number of anilines is 1. The number of hydrogen-bond donors (Lipinski definition) is 1. The van der Waals surface area contributed by atoms with Crippen LogP contribution in [0.3, 0.4) is 0 Å². The highest BCUT2D eigenvalue weighted by Gasteiger charge is 2.35. The first-order valence-electron chi connectivity index (χ1n) is 11.3. The summed E-state index contributed by atoms with van der Waals surface area (Å²) in [6.45, 7) is 3.01. The van der Waals surface area contributed by atoms with Gasteiger partial charge in [0.2, 0.25) is 11.8 Å². The molecule has 2 heterocycles. The monoisotopic (exact) mass is 443 g/mol. The Morgan fingerprint density at radius 3 is 2.48 bits per heavy atom. The van der Waals surface area contributed by atoms with Gasteiger partial charge in [-0.3, -0.25) is 9.59 Å². The van der Waals surface area contributed by atoms with Gasteiger partial charge < -0.3 is 15.0 Å². The summed E-state index contributed by atoms with van der Waals surface area (Å²) in [4.78, 5) is 32.6. The number of carbonyl (C=O) groups excluding carboxylic acids is 2. The number of benzene rings is 2. The largest absolute Gasteiger partial charge is 0.480 e. The maximum absolute atomic E-state index is 13.5.